The van der Waals surface area contributed by atoms with E-state index in [1.54, 1.807) is 0 Å². The fourth-order valence-corrected chi connectivity index (χ4v) is 5.17. The Balaban J connectivity index is 1.13. The van der Waals surface area contributed by atoms with Gasteiger partial charge in [0.1, 0.15) is 23.7 Å². The zero-order chi connectivity index (χ0) is 29.0. The molecule has 2 amide bonds. The summed E-state index contributed by atoms with van der Waals surface area (Å²) in [6.07, 6.45) is 1.03. The molecule has 5 rings (SSSR count). The molecule has 2 heterocycles. The van der Waals surface area contributed by atoms with E-state index in [9.17, 15) is 4.79 Å². The largest absolute Gasteiger partial charge is 0.492 e. The van der Waals surface area contributed by atoms with Crippen LogP contribution in [0.2, 0.25) is 0 Å². The second-order valence-corrected chi connectivity index (χ2v) is 11.8. The zero-order valence-electron chi connectivity index (χ0n) is 24.9. The molecule has 216 valence electrons. The first-order valence-electron chi connectivity index (χ1n) is 14.6. The lowest BCUT2D eigenvalue weighted by atomic mass is 10.1. The number of carbonyl (C=O) groups is 1. The summed E-state index contributed by atoms with van der Waals surface area (Å²) in [5.41, 5.74) is 7.19. The number of aryl methyl sites for hydroxylation is 2. The molecule has 0 atom stereocenters. The van der Waals surface area contributed by atoms with Crippen LogP contribution in [0.4, 0.5) is 16.2 Å². The molecule has 0 bridgehead atoms. The molecule has 1 saturated heterocycles. The number of hydrogen-bond acceptors (Lipinski definition) is 5. The monoisotopic (exact) mass is 554 g/mol. The molecule has 3 N–H and O–H groups in total. The van der Waals surface area contributed by atoms with E-state index >= 15 is 0 Å². The van der Waals surface area contributed by atoms with E-state index < -0.39 is 0 Å². The predicted octanol–water partition coefficient (Wildman–Crippen LogP) is 6.22. The SMILES string of the molecule is CCc1ccc(-c2nc3c(N4CCN(CCOc5ccc(NC(=O)NC(C)(C)C)c(C)c5)CC4)cccc3[nH]2)cc1. The van der Waals surface area contributed by atoms with Crippen molar-refractivity contribution in [3.63, 3.8) is 0 Å². The van der Waals surface area contributed by atoms with Crippen molar-refractivity contribution in [1.29, 1.82) is 0 Å². The normalized spacial score (nSPS) is 14.3. The Morgan fingerprint density at radius 1 is 1.02 bits per heavy atom. The minimum atomic E-state index is -0.288. The van der Waals surface area contributed by atoms with Gasteiger partial charge in [-0.25, -0.2) is 9.78 Å². The lowest BCUT2D eigenvalue weighted by Crippen LogP contribution is -2.47. The maximum Gasteiger partial charge on any atom is 0.319 e. The number of urea groups is 1. The molecule has 3 aromatic carbocycles. The van der Waals surface area contributed by atoms with Crippen molar-refractivity contribution in [2.24, 2.45) is 0 Å². The third-order valence-corrected chi connectivity index (χ3v) is 7.45. The van der Waals surface area contributed by atoms with Gasteiger partial charge in [-0.3, -0.25) is 4.90 Å². The molecule has 0 unspecified atom stereocenters. The zero-order valence-corrected chi connectivity index (χ0v) is 24.9. The van der Waals surface area contributed by atoms with Crippen molar-refractivity contribution >= 4 is 28.4 Å². The van der Waals surface area contributed by atoms with Gasteiger partial charge in [0.05, 0.1) is 11.2 Å². The first kappa shape index (κ1) is 28.5. The third kappa shape index (κ3) is 7.19. The van der Waals surface area contributed by atoms with E-state index in [2.05, 4.69) is 74.8 Å². The lowest BCUT2D eigenvalue weighted by Gasteiger charge is -2.36. The fourth-order valence-electron chi connectivity index (χ4n) is 5.17. The number of imidazole rings is 1. The molecule has 8 heteroatoms. The van der Waals surface area contributed by atoms with Gasteiger partial charge in [0.25, 0.3) is 0 Å². The van der Waals surface area contributed by atoms with Crippen LogP contribution in [0.15, 0.2) is 60.7 Å². The van der Waals surface area contributed by atoms with Crippen molar-refractivity contribution in [3.8, 4) is 17.1 Å². The number of H-pyrrole nitrogens is 1. The maximum atomic E-state index is 12.2. The number of rotatable bonds is 8. The number of benzene rings is 3. The number of nitrogens with zero attached hydrogens (tertiary/aromatic N) is 3. The van der Waals surface area contributed by atoms with Crippen LogP contribution in [0.1, 0.15) is 38.8 Å². The highest BCUT2D eigenvalue weighted by Crippen LogP contribution is 2.29. The maximum absolute atomic E-state index is 12.2. The summed E-state index contributed by atoms with van der Waals surface area (Å²) in [4.78, 5) is 25.6. The first-order valence-corrected chi connectivity index (χ1v) is 14.6. The summed E-state index contributed by atoms with van der Waals surface area (Å²) >= 11 is 0. The van der Waals surface area contributed by atoms with Gasteiger partial charge in [0, 0.05) is 49.5 Å². The Bertz CT molecular complexity index is 1480. The van der Waals surface area contributed by atoms with Crippen molar-refractivity contribution < 1.29 is 9.53 Å². The summed E-state index contributed by atoms with van der Waals surface area (Å²) in [5.74, 6) is 1.73. The van der Waals surface area contributed by atoms with Crippen LogP contribution in [0.3, 0.4) is 0 Å². The summed E-state index contributed by atoms with van der Waals surface area (Å²) in [5, 5.41) is 5.84. The molecule has 1 aliphatic rings. The predicted molar refractivity (Wildman–Crippen MR) is 168 cm³/mol. The molecule has 0 saturated carbocycles. The van der Waals surface area contributed by atoms with Gasteiger partial charge in [0.15, 0.2) is 0 Å². The minimum Gasteiger partial charge on any atom is -0.492 e. The van der Waals surface area contributed by atoms with Crippen LogP contribution in [0, 0.1) is 6.92 Å². The second-order valence-electron chi connectivity index (χ2n) is 11.8. The second kappa shape index (κ2) is 12.2. The molecule has 8 nitrogen and oxygen atoms in total. The van der Waals surface area contributed by atoms with Crippen LogP contribution in [-0.4, -0.2) is 65.8 Å². The number of aromatic nitrogens is 2. The molecule has 1 aromatic heterocycles. The van der Waals surface area contributed by atoms with Crippen LogP contribution >= 0.6 is 0 Å². The molecule has 1 aliphatic heterocycles. The minimum absolute atomic E-state index is 0.209. The van der Waals surface area contributed by atoms with Crippen molar-refractivity contribution in [1.82, 2.24) is 20.2 Å². The average molecular weight is 555 g/mol. The van der Waals surface area contributed by atoms with E-state index in [1.165, 1.54) is 11.3 Å². The first-order chi connectivity index (χ1) is 19.7. The van der Waals surface area contributed by atoms with E-state index in [0.29, 0.717) is 6.61 Å². The number of ether oxygens (including phenoxy) is 1. The van der Waals surface area contributed by atoms with Gasteiger partial charge in [-0.15, -0.1) is 0 Å². The summed E-state index contributed by atoms with van der Waals surface area (Å²) in [6, 6.07) is 20.6. The number of para-hydroxylation sites is 1. The van der Waals surface area contributed by atoms with Crippen LogP contribution in [0.25, 0.3) is 22.4 Å². The van der Waals surface area contributed by atoms with E-state index in [0.717, 1.165) is 78.6 Å². The standard InChI is InChI=1S/C33H42N6O2/c1-6-24-10-12-25(13-11-24)31-34-28-8-7-9-29(30(28)36-31)39-18-16-38(17-19-39)20-21-41-26-14-15-27(23(2)22-26)35-32(40)37-33(3,4)5/h7-15,22H,6,16-21H2,1-5H3,(H,34,36)(H2,35,37,40). The highest BCUT2D eigenvalue weighted by molar-refractivity contribution is 5.91. The number of hydrogen-bond donors (Lipinski definition) is 3. The number of aromatic amines is 1. The van der Waals surface area contributed by atoms with Gasteiger partial charge in [-0.2, -0.15) is 0 Å². The van der Waals surface area contributed by atoms with Gasteiger partial charge in [0.2, 0.25) is 0 Å². The van der Waals surface area contributed by atoms with E-state index in [1.807, 2.05) is 45.9 Å². The van der Waals surface area contributed by atoms with Crippen molar-refractivity contribution in [3.05, 3.63) is 71.8 Å². The van der Waals surface area contributed by atoms with Gasteiger partial charge in [-0.05, 0) is 75.6 Å². The van der Waals surface area contributed by atoms with Crippen molar-refractivity contribution in [2.45, 2.75) is 46.6 Å². The molecule has 1 fully saturated rings. The number of piperazine rings is 1. The van der Waals surface area contributed by atoms with Crippen LogP contribution in [0.5, 0.6) is 5.75 Å². The molecule has 41 heavy (non-hydrogen) atoms. The molecular weight excluding hydrogens is 512 g/mol. The third-order valence-electron chi connectivity index (χ3n) is 7.45. The molecular formula is C33H42N6O2. The Labute approximate surface area is 243 Å². The molecule has 4 aromatic rings. The average Bonchev–Trinajstić information content (AvgIpc) is 3.39. The lowest BCUT2D eigenvalue weighted by molar-refractivity contribution is 0.200. The van der Waals surface area contributed by atoms with Crippen LogP contribution < -0.4 is 20.3 Å². The highest BCUT2D eigenvalue weighted by atomic mass is 16.5. The quantitative estimate of drug-likeness (QED) is 0.241. The fraction of sp³-hybridized carbons (Fsp3) is 0.394. The Hall–Kier alpha value is -4.04. The number of fused-ring (bicyclic) bond motifs is 1. The van der Waals surface area contributed by atoms with Gasteiger partial charge >= 0.3 is 6.03 Å². The number of nitrogens with one attached hydrogen (secondary N) is 3. The molecule has 0 radical (unpaired) electrons. The topological polar surface area (TPSA) is 85.5 Å². The van der Waals surface area contributed by atoms with Gasteiger partial charge < -0.3 is 25.3 Å². The number of carbonyl (C=O) groups excluding carboxylic acids is 1. The highest BCUT2D eigenvalue weighted by Gasteiger charge is 2.20. The Morgan fingerprint density at radius 2 is 1.78 bits per heavy atom. The Morgan fingerprint density at radius 3 is 2.46 bits per heavy atom. The molecule has 0 spiro atoms. The summed E-state index contributed by atoms with van der Waals surface area (Å²) in [6.45, 7) is 15.3. The van der Waals surface area contributed by atoms with Gasteiger partial charge in [-0.1, -0.05) is 37.3 Å². The molecule has 0 aliphatic carbocycles. The summed E-state index contributed by atoms with van der Waals surface area (Å²) < 4.78 is 6.06. The number of anilines is 2. The van der Waals surface area contributed by atoms with E-state index in [-0.39, 0.29) is 11.6 Å². The number of amides is 2. The summed E-state index contributed by atoms with van der Waals surface area (Å²) in [7, 11) is 0. The Kier molecular flexibility index (Phi) is 8.49. The van der Waals surface area contributed by atoms with Crippen molar-refractivity contribution in [2.75, 3.05) is 49.5 Å². The van der Waals surface area contributed by atoms with E-state index in [4.69, 9.17) is 9.72 Å². The smallest absolute Gasteiger partial charge is 0.319 e. The van der Waals surface area contributed by atoms with Crippen LogP contribution in [-0.2, 0) is 6.42 Å².